The third kappa shape index (κ3) is 3.30. The van der Waals surface area contributed by atoms with Gasteiger partial charge >= 0.3 is 0 Å². The van der Waals surface area contributed by atoms with E-state index in [9.17, 15) is 9.90 Å². The zero-order valence-corrected chi connectivity index (χ0v) is 13.4. The van der Waals surface area contributed by atoms with Crippen LogP contribution in [0.2, 0.25) is 0 Å². The number of ether oxygens (including phenoxy) is 1. The maximum atomic E-state index is 12.3. The average Bonchev–Trinajstić information content (AvgIpc) is 2.64. The highest BCUT2D eigenvalue weighted by Crippen LogP contribution is 2.43. The van der Waals surface area contributed by atoms with Crippen molar-refractivity contribution in [1.82, 2.24) is 5.32 Å². The number of fused-ring (bicyclic) bond motifs is 1. The van der Waals surface area contributed by atoms with Crippen molar-refractivity contribution in [3.05, 3.63) is 22.6 Å². The molecular formula is C16H25NO4. The summed E-state index contributed by atoms with van der Waals surface area (Å²) in [5.41, 5.74) is 1.52. The van der Waals surface area contributed by atoms with Crippen LogP contribution in [0.3, 0.4) is 0 Å². The molecule has 0 spiro atoms. The van der Waals surface area contributed by atoms with Crippen molar-refractivity contribution < 1.29 is 19.1 Å². The first-order valence-corrected chi connectivity index (χ1v) is 7.35. The molecule has 2 N–H and O–H groups in total. The third-order valence-corrected chi connectivity index (χ3v) is 3.99. The first-order valence-electron chi connectivity index (χ1n) is 7.35. The molecule has 2 rings (SSSR count). The third-order valence-electron chi connectivity index (χ3n) is 3.99. The number of carbonyl (C=O) groups is 1. The molecule has 1 aromatic rings. The Hall–Kier alpha value is -1.33. The van der Waals surface area contributed by atoms with Crippen LogP contribution in [-0.2, 0) is 11.2 Å². The first kappa shape index (κ1) is 16.0. The SMILES string of the molecule is COC[C@@H](C)NC(=O)c1oc2c(c1C)[C@H](O)CC(C)(C)C2. The van der Waals surface area contributed by atoms with E-state index in [4.69, 9.17) is 9.15 Å². The smallest absolute Gasteiger partial charge is 0.287 e. The van der Waals surface area contributed by atoms with Crippen LogP contribution in [0.25, 0.3) is 0 Å². The van der Waals surface area contributed by atoms with Crippen molar-refractivity contribution in [3.8, 4) is 0 Å². The Kier molecular flexibility index (Phi) is 4.44. The van der Waals surface area contributed by atoms with E-state index in [1.165, 1.54) is 0 Å². The van der Waals surface area contributed by atoms with Crippen LogP contribution in [0.15, 0.2) is 4.42 Å². The fourth-order valence-electron chi connectivity index (χ4n) is 3.08. The summed E-state index contributed by atoms with van der Waals surface area (Å²) in [4.78, 5) is 12.3. The molecule has 0 saturated carbocycles. The quantitative estimate of drug-likeness (QED) is 0.894. The van der Waals surface area contributed by atoms with E-state index in [-0.39, 0.29) is 17.4 Å². The molecule has 21 heavy (non-hydrogen) atoms. The number of hydrogen-bond acceptors (Lipinski definition) is 4. The van der Waals surface area contributed by atoms with Crippen molar-refractivity contribution in [2.45, 2.75) is 52.7 Å². The Bertz CT molecular complexity index is 533. The van der Waals surface area contributed by atoms with Crippen molar-refractivity contribution in [3.63, 3.8) is 0 Å². The van der Waals surface area contributed by atoms with Gasteiger partial charge in [-0.2, -0.15) is 0 Å². The van der Waals surface area contributed by atoms with E-state index in [0.29, 0.717) is 18.8 Å². The Labute approximate surface area is 125 Å². The van der Waals surface area contributed by atoms with E-state index < -0.39 is 6.10 Å². The summed E-state index contributed by atoms with van der Waals surface area (Å²) in [5.74, 6) is 0.789. The summed E-state index contributed by atoms with van der Waals surface area (Å²) < 4.78 is 10.8. The highest BCUT2D eigenvalue weighted by molar-refractivity contribution is 5.93. The molecule has 1 aliphatic carbocycles. The average molecular weight is 295 g/mol. The molecule has 1 aliphatic rings. The molecule has 2 atom stereocenters. The number of rotatable bonds is 4. The van der Waals surface area contributed by atoms with Crippen molar-refractivity contribution in [2.75, 3.05) is 13.7 Å². The predicted octanol–water partition coefficient (Wildman–Crippen LogP) is 2.36. The van der Waals surface area contributed by atoms with Crippen LogP contribution in [0.4, 0.5) is 0 Å². The predicted molar refractivity (Wildman–Crippen MR) is 79.3 cm³/mol. The van der Waals surface area contributed by atoms with Crippen LogP contribution >= 0.6 is 0 Å². The molecule has 118 valence electrons. The molecule has 0 bridgehead atoms. The van der Waals surface area contributed by atoms with Crippen LogP contribution < -0.4 is 5.32 Å². The Morgan fingerprint density at radius 1 is 1.57 bits per heavy atom. The standard InChI is InChI=1S/C16H25NO4/c1-9(8-20-5)17-15(19)14-10(2)13-11(18)6-16(3,4)7-12(13)21-14/h9,11,18H,6-8H2,1-5H3,(H,17,19)/t9-,11-/m1/s1. The number of aliphatic hydroxyl groups is 1. The molecule has 1 heterocycles. The molecule has 1 amide bonds. The lowest BCUT2D eigenvalue weighted by atomic mass is 9.75. The molecule has 5 nitrogen and oxygen atoms in total. The molecular weight excluding hydrogens is 270 g/mol. The summed E-state index contributed by atoms with van der Waals surface area (Å²) >= 11 is 0. The molecule has 0 unspecified atom stereocenters. The fraction of sp³-hybridized carbons (Fsp3) is 0.688. The summed E-state index contributed by atoms with van der Waals surface area (Å²) in [7, 11) is 1.60. The van der Waals surface area contributed by atoms with Gasteiger partial charge in [0.05, 0.1) is 12.7 Å². The second-order valence-corrected chi connectivity index (χ2v) is 6.78. The topological polar surface area (TPSA) is 71.7 Å². The van der Waals surface area contributed by atoms with Gasteiger partial charge in [-0.05, 0) is 25.7 Å². The minimum Gasteiger partial charge on any atom is -0.455 e. The maximum absolute atomic E-state index is 12.3. The van der Waals surface area contributed by atoms with E-state index in [0.717, 1.165) is 23.3 Å². The number of furan rings is 1. The Morgan fingerprint density at radius 2 is 2.24 bits per heavy atom. The summed E-state index contributed by atoms with van der Waals surface area (Å²) in [6.45, 7) is 8.34. The van der Waals surface area contributed by atoms with Crippen LogP contribution in [0.1, 0.15) is 60.7 Å². The number of methoxy groups -OCH3 is 1. The molecule has 1 aromatic heterocycles. The van der Waals surface area contributed by atoms with Gasteiger partial charge in [-0.1, -0.05) is 13.8 Å². The minimum absolute atomic E-state index is 0.0200. The number of amides is 1. The number of hydrogen-bond donors (Lipinski definition) is 2. The number of nitrogens with one attached hydrogen (secondary N) is 1. The number of aliphatic hydroxyl groups excluding tert-OH is 1. The summed E-state index contributed by atoms with van der Waals surface area (Å²) in [6, 6.07) is -0.0922. The van der Waals surface area contributed by atoms with E-state index in [2.05, 4.69) is 19.2 Å². The first-order chi connectivity index (χ1) is 9.75. The van der Waals surface area contributed by atoms with Gasteiger partial charge in [-0.15, -0.1) is 0 Å². The fourth-order valence-corrected chi connectivity index (χ4v) is 3.08. The summed E-state index contributed by atoms with van der Waals surface area (Å²) in [5, 5.41) is 13.2. The van der Waals surface area contributed by atoms with Gasteiger partial charge in [0.1, 0.15) is 5.76 Å². The van der Waals surface area contributed by atoms with Gasteiger partial charge in [0, 0.05) is 30.7 Å². The molecule has 0 aromatic carbocycles. The van der Waals surface area contributed by atoms with Crippen molar-refractivity contribution in [1.29, 1.82) is 0 Å². The van der Waals surface area contributed by atoms with Crippen molar-refractivity contribution >= 4 is 5.91 Å². The van der Waals surface area contributed by atoms with Crippen LogP contribution in [-0.4, -0.2) is 30.8 Å². The van der Waals surface area contributed by atoms with Gasteiger partial charge in [-0.3, -0.25) is 4.79 Å². The maximum Gasteiger partial charge on any atom is 0.287 e. The number of carbonyl (C=O) groups excluding carboxylic acids is 1. The lowest BCUT2D eigenvalue weighted by Crippen LogP contribution is -2.35. The molecule has 0 fully saturated rings. The van der Waals surface area contributed by atoms with E-state index in [1.54, 1.807) is 7.11 Å². The molecule has 5 heteroatoms. The van der Waals surface area contributed by atoms with Gasteiger partial charge in [0.2, 0.25) is 0 Å². The normalized spacial score (nSPS) is 21.7. The molecule has 0 saturated heterocycles. The van der Waals surface area contributed by atoms with Crippen molar-refractivity contribution in [2.24, 2.45) is 5.41 Å². The highest BCUT2D eigenvalue weighted by atomic mass is 16.5. The van der Waals surface area contributed by atoms with Gasteiger partial charge in [0.15, 0.2) is 5.76 Å². The molecule has 0 radical (unpaired) electrons. The van der Waals surface area contributed by atoms with Crippen LogP contribution in [0, 0.1) is 12.3 Å². The van der Waals surface area contributed by atoms with E-state index >= 15 is 0 Å². The zero-order chi connectivity index (χ0) is 15.8. The van der Waals surface area contributed by atoms with Gasteiger partial charge in [0.25, 0.3) is 5.91 Å². The second-order valence-electron chi connectivity index (χ2n) is 6.78. The molecule has 0 aliphatic heterocycles. The lowest BCUT2D eigenvalue weighted by molar-refractivity contribution is 0.0853. The largest absolute Gasteiger partial charge is 0.455 e. The zero-order valence-electron chi connectivity index (χ0n) is 13.4. The lowest BCUT2D eigenvalue weighted by Gasteiger charge is -2.31. The Morgan fingerprint density at radius 3 is 2.86 bits per heavy atom. The van der Waals surface area contributed by atoms with Gasteiger partial charge in [-0.25, -0.2) is 0 Å². The minimum atomic E-state index is -0.564. The monoisotopic (exact) mass is 295 g/mol. The van der Waals surface area contributed by atoms with Crippen LogP contribution in [0.5, 0.6) is 0 Å². The van der Waals surface area contributed by atoms with Gasteiger partial charge < -0.3 is 19.6 Å². The summed E-state index contributed by atoms with van der Waals surface area (Å²) in [6.07, 6.45) is 0.855. The second kappa shape index (κ2) is 5.81. The Balaban J connectivity index is 2.26. The highest BCUT2D eigenvalue weighted by Gasteiger charge is 2.37. The van der Waals surface area contributed by atoms with E-state index in [1.807, 2.05) is 13.8 Å².